The molecule has 2 heteroatoms. The number of carbonyl (C=O) groups is 1. The molecule has 23 heavy (non-hydrogen) atoms. The average molecular weight is 369 g/mol. The summed E-state index contributed by atoms with van der Waals surface area (Å²) in [4.78, 5) is 12.9. The van der Waals surface area contributed by atoms with Crippen molar-refractivity contribution in [3.05, 3.63) is 77.4 Å². The number of allylic oxidation sites excluding steroid dienone is 7. The molecule has 2 atom stereocenters. The molecule has 0 bridgehead atoms. The van der Waals surface area contributed by atoms with E-state index in [9.17, 15) is 4.79 Å². The highest BCUT2D eigenvalue weighted by atomic mass is 79.9. The van der Waals surface area contributed by atoms with Gasteiger partial charge in [-0.1, -0.05) is 76.6 Å². The highest BCUT2D eigenvalue weighted by Gasteiger charge is 2.18. The zero-order chi connectivity index (χ0) is 16.1. The van der Waals surface area contributed by atoms with Crippen LogP contribution < -0.4 is 0 Å². The van der Waals surface area contributed by atoms with Crippen LogP contribution in [0.1, 0.15) is 31.2 Å². The van der Waals surface area contributed by atoms with Gasteiger partial charge in [-0.15, -0.1) is 0 Å². The maximum absolute atomic E-state index is 12.3. The smallest absolute Gasteiger partial charge is 0.162 e. The van der Waals surface area contributed by atoms with E-state index in [1.165, 1.54) is 17.6 Å². The summed E-state index contributed by atoms with van der Waals surface area (Å²) in [5.74, 6) is 0.158. The van der Waals surface area contributed by atoms with Crippen molar-refractivity contribution < 1.29 is 4.79 Å². The summed E-state index contributed by atoms with van der Waals surface area (Å²) in [7, 11) is 0. The number of hydrogen-bond acceptors (Lipinski definition) is 1. The molecule has 2 aliphatic carbocycles. The van der Waals surface area contributed by atoms with Crippen LogP contribution in [0.5, 0.6) is 0 Å². The maximum atomic E-state index is 12.3. The molecular formula is C21H21BrO. The van der Waals surface area contributed by atoms with E-state index in [1.54, 1.807) is 6.08 Å². The van der Waals surface area contributed by atoms with Gasteiger partial charge < -0.3 is 0 Å². The molecular weight excluding hydrogens is 348 g/mol. The first-order chi connectivity index (χ1) is 11.2. The van der Waals surface area contributed by atoms with Gasteiger partial charge in [0.15, 0.2) is 5.78 Å². The van der Waals surface area contributed by atoms with Crippen molar-refractivity contribution in [1.29, 1.82) is 0 Å². The van der Waals surface area contributed by atoms with Crippen molar-refractivity contribution in [3.63, 3.8) is 0 Å². The monoisotopic (exact) mass is 368 g/mol. The second kappa shape index (κ2) is 7.74. The van der Waals surface area contributed by atoms with Crippen LogP contribution in [0.25, 0.3) is 6.08 Å². The van der Waals surface area contributed by atoms with E-state index in [0.29, 0.717) is 4.83 Å². The van der Waals surface area contributed by atoms with E-state index < -0.39 is 0 Å². The fourth-order valence-corrected chi connectivity index (χ4v) is 3.42. The molecule has 0 radical (unpaired) electrons. The minimum absolute atomic E-state index is 0.0215. The molecule has 1 aromatic rings. The zero-order valence-electron chi connectivity index (χ0n) is 13.1. The lowest BCUT2D eigenvalue weighted by Gasteiger charge is -2.21. The Morgan fingerprint density at radius 1 is 1.13 bits per heavy atom. The minimum Gasteiger partial charge on any atom is -0.294 e. The molecule has 0 aliphatic heterocycles. The van der Waals surface area contributed by atoms with Crippen molar-refractivity contribution in [2.24, 2.45) is 5.92 Å². The Balaban J connectivity index is 1.59. The first-order valence-electron chi connectivity index (χ1n) is 8.21. The summed E-state index contributed by atoms with van der Waals surface area (Å²) in [5.41, 5.74) is 3.80. The van der Waals surface area contributed by atoms with Gasteiger partial charge in [0.25, 0.3) is 0 Å². The lowest BCUT2D eigenvalue weighted by atomic mass is 9.86. The minimum atomic E-state index is -0.0215. The van der Waals surface area contributed by atoms with Gasteiger partial charge in [0.2, 0.25) is 0 Å². The number of halogens is 1. The highest BCUT2D eigenvalue weighted by molar-refractivity contribution is 9.09. The molecule has 1 nitrogen and oxygen atoms in total. The number of alkyl halides is 1. The van der Waals surface area contributed by atoms with E-state index in [2.05, 4.69) is 40.2 Å². The van der Waals surface area contributed by atoms with Crippen molar-refractivity contribution in [2.45, 2.75) is 30.5 Å². The number of hydrogen-bond donors (Lipinski definition) is 0. The fourth-order valence-electron chi connectivity index (χ4n) is 3.00. The highest BCUT2D eigenvalue weighted by Crippen LogP contribution is 2.31. The van der Waals surface area contributed by atoms with Gasteiger partial charge in [-0.25, -0.2) is 0 Å². The van der Waals surface area contributed by atoms with Gasteiger partial charge in [-0.3, -0.25) is 4.79 Å². The third kappa shape index (κ3) is 4.42. The third-order valence-electron chi connectivity index (χ3n) is 4.42. The van der Waals surface area contributed by atoms with Crippen LogP contribution in [-0.4, -0.2) is 10.6 Å². The van der Waals surface area contributed by atoms with E-state index in [-0.39, 0.29) is 11.7 Å². The van der Waals surface area contributed by atoms with Crippen molar-refractivity contribution in [2.75, 3.05) is 0 Å². The van der Waals surface area contributed by atoms with Crippen LogP contribution >= 0.6 is 15.9 Å². The van der Waals surface area contributed by atoms with Gasteiger partial charge >= 0.3 is 0 Å². The quantitative estimate of drug-likeness (QED) is 0.495. The largest absolute Gasteiger partial charge is 0.294 e. The molecule has 0 fully saturated rings. The maximum Gasteiger partial charge on any atom is 0.162 e. The van der Waals surface area contributed by atoms with Crippen LogP contribution in [0.2, 0.25) is 0 Å². The Morgan fingerprint density at radius 3 is 2.61 bits per heavy atom. The molecule has 0 saturated carbocycles. The molecule has 118 valence electrons. The van der Waals surface area contributed by atoms with E-state index in [1.807, 2.05) is 36.4 Å². The normalized spacial score (nSPS) is 24.4. The number of carbonyl (C=O) groups excluding carboxylic acids is 1. The van der Waals surface area contributed by atoms with Crippen molar-refractivity contribution in [3.8, 4) is 0 Å². The second-order valence-electron chi connectivity index (χ2n) is 6.11. The van der Waals surface area contributed by atoms with Gasteiger partial charge in [0.1, 0.15) is 0 Å². The average Bonchev–Trinajstić information content (AvgIpc) is 2.61. The molecule has 0 aromatic heterocycles. The lowest BCUT2D eigenvalue weighted by molar-refractivity contribution is -0.116. The molecule has 0 amide bonds. The van der Waals surface area contributed by atoms with Gasteiger partial charge in [0, 0.05) is 10.7 Å². The molecule has 0 N–H and O–H groups in total. The number of benzene rings is 1. The fraction of sp³-hybridized carbons (Fsp3) is 0.286. The van der Waals surface area contributed by atoms with Crippen LogP contribution in [0, 0.1) is 5.92 Å². The van der Waals surface area contributed by atoms with Crippen LogP contribution in [-0.2, 0) is 4.79 Å². The predicted octanol–water partition coefficient (Wildman–Crippen LogP) is 5.65. The summed E-state index contributed by atoms with van der Waals surface area (Å²) < 4.78 is 0. The van der Waals surface area contributed by atoms with Crippen LogP contribution in [0.3, 0.4) is 0 Å². The predicted molar refractivity (Wildman–Crippen MR) is 100 cm³/mol. The third-order valence-corrected chi connectivity index (χ3v) is 5.25. The molecule has 1 aromatic carbocycles. The summed E-state index contributed by atoms with van der Waals surface area (Å²) in [6, 6.07) is 9.95. The summed E-state index contributed by atoms with van der Waals surface area (Å²) in [6.45, 7) is 0. The molecule has 0 spiro atoms. The molecule has 2 aliphatic rings. The van der Waals surface area contributed by atoms with Crippen LogP contribution in [0.4, 0.5) is 0 Å². The Morgan fingerprint density at radius 2 is 1.96 bits per heavy atom. The van der Waals surface area contributed by atoms with Crippen molar-refractivity contribution >= 4 is 27.8 Å². The van der Waals surface area contributed by atoms with Gasteiger partial charge in [0.05, 0.1) is 0 Å². The van der Waals surface area contributed by atoms with E-state index in [0.717, 1.165) is 24.8 Å². The SMILES string of the molecule is O=C(/C=C/c1ccccc1)C1C=CC(C2=CC[C@@H](Br)CC2)=CC1. The first-order valence-corrected chi connectivity index (χ1v) is 9.13. The second-order valence-corrected chi connectivity index (χ2v) is 7.40. The zero-order valence-corrected chi connectivity index (χ0v) is 14.7. The molecule has 0 saturated heterocycles. The van der Waals surface area contributed by atoms with Crippen molar-refractivity contribution in [1.82, 2.24) is 0 Å². The number of rotatable bonds is 4. The number of ketones is 1. The molecule has 0 heterocycles. The lowest BCUT2D eigenvalue weighted by Crippen LogP contribution is -2.12. The van der Waals surface area contributed by atoms with Gasteiger partial charge in [-0.2, -0.15) is 0 Å². The Hall–Kier alpha value is -1.67. The van der Waals surface area contributed by atoms with Gasteiger partial charge in [-0.05, 0) is 48.5 Å². The summed E-state index contributed by atoms with van der Waals surface area (Å²) >= 11 is 3.67. The summed E-state index contributed by atoms with van der Waals surface area (Å²) in [5, 5.41) is 0. The van der Waals surface area contributed by atoms with E-state index >= 15 is 0 Å². The molecule has 3 rings (SSSR count). The standard InChI is InChI=1S/C21H21BrO/c22-20-13-11-18(12-14-20)17-7-9-19(10-8-17)21(23)15-6-16-4-2-1-3-5-16/h1-9,11,15,19-20H,10,12-14H2/b15-6+/t19?,20-/m1/s1. The van der Waals surface area contributed by atoms with Crippen LogP contribution in [0.15, 0.2) is 71.9 Å². The Kier molecular flexibility index (Phi) is 5.45. The summed E-state index contributed by atoms with van der Waals surface area (Å²) in [6.07, 6.45) is 16.6. The Labute approximate surface area is 146 Å². The first kappa shape index (κ1) is 16.2. The molecule has 1 unspecified atom stereocenters. The van der Waals surface area contributed by atoms with E-state index in [4.69, 9.17) is 0 Å². The topological polar surface area (TPSA) is 17.1 Å². The Bertz CT molecular complexity index is 679.